The summed E-state index contributed by atoms with van der Waals surface area (Å²) < 4.78 is 15.5. The molecule has 2 heterocycles. The first-order chi connectivity index (χ1) is 11.2. The van der Waals surface area contributed by atoms with Gasteiger partial charge in [-0.1, -0.05) is 0 Å². The van der Waals surface area contributed by atoms with Crippen molar-refractivity contribution in [1.82, 2.24) is 4.98 Å². The topological polar surface area (TPSA) is 78.6 Å². The lowest BCUT2D eigenvalue weighted by Crippen LogP contribution is -2.08. The molecule has 0 radical (unpaired) electrons. The van der Waals surface area contributed by atoms with Crippen LogP contribution >= 0.6 is 0 Å². The Morgan fingerprint density at radius 1 is 1.17 bits per heavy atom. The Kier molecular flexibility index (Phi) is 4.05. The van der Waals surface area contributed by atoms with Crippen molar-refractivity contribution >= 4 is 16.9 Å². The van der Waals surface area contributed by atoms with E-state index in [-0.39, 0.29) is 6.61 Å². The molecule has 0 amide bonds. The summed E-state index contributed by atoms with van der Waals surface area (Å²) in [5, 5.41) is 0.688. The highest BCUT2D eigenvalue weighted by atomic mass is 16.5. The number of pyridine rings is 1. The molecule has 3 aromatic rings. The van der Waals surface area contributed by atoms with Gasteiger partial charge in [0.2, 0.25) is 0 Å². The normalized spacial score (nSPS) is 10.5. The van der Waals surface area contributed by atoms with E-state index in [9.17, 15) is 9.59 Å². The number of rotatable bonds is 4. The van der Waals surface area contributed by atoms with Crippen molar-refractivity contribution in [1.29, 1.82) is 0 Å². The Bertz CT molecular complexity index is 902. The zero-order chi connectivity index (χ0) is 16.2. The molecule has 0 aliphatic rings. The fourth-order valence-corrected chi connectivity index (χ4v) is 2.17. The smallest absolute Gasteiger partial charge is 0.338 e. The fraction of sp³-hybridized carbons (Fsp3) is 0.118. The lowest BCUT2D eigenvalue weighted by molar-refractivity contribution is 0.0473. The van der Waals surface area contributed by atoms with Gasteiger partial charge in [-0.15, -0.1) is 0 Å². The lowest BCUT2D eigenvalue weighted by Gasteiger charge is -2.08. The number of carbonyl (C=O) groups is 1. The molecule has 0 fully saturated rings. The molecule has 116 valence electrons. The van der Waals surface area contributed by atoms with Crippen LogP contribution in [0.25, 0.3) is 11.0 Å². The molecular formula is C17H13NO5. The summed E-state index contributed by atoms with van der Waals surface area (Å²) in [6, 6.07) is 9.55. The average molecular weight is 311 g/mol. The van der Waals surface area contributed by atoms with Crippen LogP contribution in [0, 0.1) is 0 Å². The Labute approximate surface area is 131 Å². The second-order valence-corrected chi connectivity index (χ2v) is 4.76. The molecule has 23 heavy (non-hydrogen) atoms. The molecule has 0 unspecified atom stereocenters. The van der Waals surface area contributed by atoms with Crippen LogP contribution in [0.15, 0.2) is 58.0 Å². The van der Waals surface area contributed by atoms with Gasteiger partial charge in [0.1, 0.15) is 17.9 Å². The van der Waals surface area contributed by atoms with Gasteiger partial charge in [0, 0.05) is 35.5 Å². The number of benzene rings is 1. The maximum atomic E-state index is 12.0. The summed E-state index contributed by atoms with van der Waals surface area (Å²) in [5.74, 6) is 0.0916. The summed E-state index contributed by atoms with van der Waals surface area (Å²) in [4.78, 5) is 27.5. The number of esters is 1. The lowest BCUT2D eigenvalue weighted by atomic mass is 10.1. The highest BCUT2D eigenvalue weighted by Crippen LogP contribution is 2.23. The number of aromatic nitrogens is 1. The molecule has 0 bridgehead atoms. The first-order valence-electron chi connectivity index (χ1n) is 6.85. The molecule has 0 spiro atoms. The van der Waals surface area contributed by atoms with E-state index in [2.05, 4.69) is 4.98 Å². The number of carbonyl (C=O) groups excluding carboxylic acids is 1. The quantitative estimate of drug-likeness (QED) is 0.544. The Hall–Kier alpha value is -3.15. The monoisotopic (exact) mass is 311 g/mol. The molecule has 0 atom stereocenters. The molecule has 6 heteroatoms. The zero-order valence-electron chi connectivity index (χ0n) is 12.3. The first kappa shape index (κ1) is 14.8. The predicted octanol–water partition coefficient (Wildman–Crippen LogP) is 2.55. The molecule has 0 aliphatic carbocycles. The van der Waals surface area contributed by atoms with Crippen LogP contribution < -0.4 is 10.4 Å². The molecule has 0 saturated heterocycles. The number of fused-ring (bicyclic) bond motifs is 1. The summed E-state index contributed by atoms with van der Waals surface area (Å²) >= 11 is 0. The van der Waals surface area contributed by atoms with Gasteiger partial charge < -0.3 is 13.9 Å². The van der Waals surface area contributed by atoms with E-state index in [4.69, 9.17) is 13.9 Å². The van der Waals surface area contributed by atoms with Crippen molar-refractivity contribution in [2.24, 2.45) is 0 Å². The van der Waals surface area contributed by atoms with Crippen LogP contribution in [0.1, 0.15) is 15.9 Å². The summed E-state index contributed by atoms with van der Waals surface area (Å²) in [5.41, 5.74) is 0.836. The minimum absolute atomic E-state index is 0.0322. The number of hydrogen-bond acceptors (Lipinski definition) is 6. The standard InChI is InChI=1S/C17H13NO5/c1-21-13-2-3-14-12(8-16(19)23-15(14)9-13)10-22-17(20)11-4-6-18-7-5-11/h2-9H,10H2,1H3. The number of methoxy groups -OCH3 is 1. The molecule has 3 rings (SSSR count). The second-order valence-electron chi connectivity index (χ2n) is 4.76. The molecule has 2 aromatic heterocycles. The fourth-order valence-electron chi connectivity index (χ4n) is 2.17. The Morgan fingerprint density at radius 2 is 1.96 bits per heavy atom. The summed E-state index contributed by atoms with van der Waals surface area (Å²) in [6.45, 7) is -0.0322. The minimum Gasteiger partial charge on any atom is -0.497 e. The van der Waals surface area contributed by atoms with Gasteiger partial charge in [0.25, 0.3) is 0 Å². The average Bonchev–Trinajstić information content (AvgIpc) is 2.59. The molecule has 0 aliphatic heterocycles. The van der Waals surface area contributed by atoms with Crippen molar-refractivity contribution in [2.45, 2.75) is 6.61 Å². The maximum absolute atomic E-state index is 12.0. The van der Waals surface area contributed by atoms with Gasteiger partial charge in [0.05, 0.1) is 12.7 Å². The number of hydrogen-bond donors (Lipinski definition) is 0. The highest BCUT2D eigenvalue weighted by molar-refractivity contribution is 5.89. The van der Waals surface area contributed by atoms with Crippen molar-refractivity contribution in [3.63, 3.8) is 0 Å². The van der Waals surface area contributed by atoms with Crippen LogP contribution in [0.5, 0.6) is 5.75 Å². The molecule has 0 saturated carbocycles. The van der Waals surface area contributed by atoms with Crippen LogP contribution in [-0.4, -0.2) is 18.1 Å². The van der Waals surface area contributed by atoms with Crippen LogP contribution in [0.2, 0.25) is 0 Å². The van der Waals surface area contributed by atoms with E-state index < -0.39 is 11.6 Å². The van der Waals surface area contributed by atoms with Crippen LogP contribution in [0.3, 0.4) is 0 Å². The van der Waals surface area contributed by atoms with Crippen molar-refractivity contribution in [3.05, 3.63) is 70.3 Å². The summed E-state index contributed by atoms with van der Waals surface area (Å²) in [7, 11) is 1.53. The van der Waals surface area contributed by atoms with Crippen molar-refractivity contribution in [3.8, 4) is 5.75 Å². The van der Waals surface area contributed by atoms with Gasteiger partial charge in [0.15, 0.2) is 0 Å². The van der Waals surface area contributed by atoms with Crippen molar-refractivity contribution < 1.29 is 18.7 Å². The number of nitrogens with zero attached hydrogens (tertiary/aromatic N) is 1. The highest BCUT2D eigenvalue weighted by Gasteiger charge is 2.11. The van der Waals surface area contributed by atoms with Gasteiger partial charge >= 0.3 is 11.6 Å². The van der Waals surface area contributed by atoms with Gasteiger partial charge in [-0.25, -0.2) is 9.59 Å². The molecule has 0 N–H and O–H groups in total. The number of ether oxygens (including phenoxy) is 2. The third-order valence-electron chi connectivity index (χ3n) is 3.31. The predicted molar refractivity (Wildman–Crippen MR) is 82.4 cm³/mol. The second kappa shape index (κ2) is 6.31. The largest absolute Gasteiger partial charge is 0.497 e. The van der Waals surface area contributed by atoms with E-state index in [1.54, 1.807) is 30.3 Å². The third-order valence-corrected chi connectivity index (χ3v) is 3.31. The van der Waals surface area contributed by atoms with Gasteiger partial charge in [-0.05, 0) is 24.3 Å². The molecular weight excluding hydrogens is 298 g/mol. The van der Waals surface area contributed by atoms with E-state index in [1.165, 1.54) is 25.6 Å². The van der Waals surface area contributed by atoms with Gasteiger partial charge in [-0.2, -0.15) is 0 Å². The van der Waals surface area contributed by atoms with Gasteiger partial charge in [-0.3, -0.25) is 4.98 Å². The Balaban J connectivity index is 1.88. The molecule has 6 nitrogen and oxygen atoms in total. The van der Waals surface area contributed by atoms with E-state index >= 15 is 0 Å². The SMILES string of the molecule is COc1ccc2c(COC(=O)c3ccncc3)cc(=O)oc2c1. The van der Waals surface area contributed by atoms with Crippen molar-refractivity contribution in [2.75, 3.05) is 7.11 Å². The van der Waals surface area contributed by atoms with E-state index in [0.29, 0.717) is 27.8 Å². The zero-order valence-corrected chi connectivity index (χ0v) is 12.3. The third kappa shape index (κ3) is 3.21. The van der Waals surface area contributed by atoms with E-state index in [0.717, 1.165) is 0 Å². The summed E-state index contributed by atoms with van der Waals surface area (Å²) in [6.07, 6.45) is 3.02. The minimum atomic E-state index is -0.513. The van der Waals surface area contributed by atoms with Crippen LogP contribution in [0.4, 0.5) is 0 Å². The van der Waals surface area contributed by atoms with E-state index in [1.807, 2.05) is 0 Å². The van der Waals surface area contributed by atoms with Crippen LogP contribution in [-0.2, 0) is 11.3 Å². The first-order valence-corrected chi connectivity index (χ1v) is 6.85. The Morgan fingerprint density at radius 3 is 2.70 bits per heavy atom. The maximum Gasteiger partial charge on any atom is 0.338 e. The molecule has 1 aromatic carbocycles.